The van der Waals surface area contributed by atoms with Crippen LogP contribution in [0.3, 0.4) is 0 Å². The molecule has 3 rings (SSSR count). The predicted octanol–water partition coefficient (Wildman–Crippen LogP) is 1.86. The molecule has 5 nitrogen and oxygen atoms in total. The van der Waals surface area contributed by atoms with Gasteiger partial charge in [0, 0.05) is 25.2 Å². The second-order valence-electron chi connectivity index (χ2n) is 6.02. The zero-order valence-electron chi connectivity index (χ0n) is 12.0. The maximum Gasteiger partial charge on any atom is 0.287 e. The SMILES string of the molecule is CN1C2CCCC1CC(Nc1cnn(C)c(=O)c1Cl)C2. The first-order chi connectivity index (χ1) is 9.56. The molecule has 0 spiro atoms. The highest BCUT2D eigenvalue weighted by Gasteiger charge is 2.36. The molecule has 110 valence electrons. The molecule has 2 aliphatic heterocycles. The molecule has 2 unspecified atom stereocenters. The molecule has 1 N–H and O–H groups in total. The van der Waals surface area contributed by atoms with E-state index in [-0.39, 0.29) is 10.6 Å². The van der Waals surface area contributed by atoms with Gasteiger partial charge in [-0.25, -0.2) is 4.68 Å². The first-order valence-corrected chi connectivity index (χ1v) is 7.64. The van der Waals surface area contributed by atoms with E-state index < -0.39 is 0 Å². The minimum Gasteiger partial charge on any atom is -0.380 e. The summed E-state index contributed by atoms with van der Waals surface area (Å²) in [7, 11) is 3.84. The van der Waals surface area contributed by atoms with Crippen molar-refractivity contribution in [3.05, 3.63) is 21.6 Å². The molecule has 3 heterocycles. The van der Waals surface area contributed by atoms with Crippen LogP contribution in [0, 0.1) is 0 Å². The van der Waals surface area contributed by atoms with Crippen molar-refractivity contribution in [3.63, 3.8) is 0 Å². The topological polar surface area (TPSA) is 50.2 Å². The van der Waals surface area contributed by atoms with E-state index in [4.69, 9.17) is 11.6 Å². The van der Waals surface area contributed by atoms with Gasteiger partial charge in [-0.2, -0.15) is 5.10 Å². The number of anilines is 1. The van der Waals surface area contributed by atoms with Crippen LogP contribution in [0.4, 0.5) is 5.69 Å². The highest BCUT2D eigenvalue weighted by Crippen LogP contribution is 2.34. The molecule has 2 fully saturated rings. The Morgan fingerprint density at radius 2 is 1.95 bits per heavy atom. The predicted molar refractivity (Wildman–Crippen MR) is 80.3 cm³/mol. The fraction of sp³-hybridized carbons (Fsp3) is 0.714. The van der Waals surface area contributed by atoms with Gasteiger partial charge in [-0.05, 0) is 32.7 Å². The molecule has 0 amide bonds. The summed E-state index contributed by atoms with van der Waals surface area (Å²) in [5.41, 5.74) is 0.423. The number of nitrogens with zero attached hydrogens (tertiary/aromatic N) is 3. The standard InChI is InChI=1S/C14H21ClN4O/c1-18-10-4-3-5-11(18)7-9(6-10)17-12-8-16-19(2)14(20)13(12)15/h8-11,17H,3-7H2,1-2H3. The molecule has 0 radical (unpaired) electrons. The van der Waals surface area contributed by atoms with Gasteiger partial charge in [-0.1, -0.05) is 18.0 Å². The van der Waals surface area contributed by atoms with E-state index >= 15 is 0 Å². The summed E-state index contributed by atoms with van der Waals surface area (Å²) in [4.78, 5) is 14.3. The lowest BCUT2D eigenvalue weighted by Crippen LogP contribution is -2.52. The van der Waals surface area contributed by atoms with E-state index in [1.165, 1.54) is 23.9 Å². The largest absolute Gasteiger partial charge is 0.380 e. The van der Waals surface area contributed by atoms with E-state index in [1.807, 2.05) is 0 Å². The van der Waals surface area contributed by atoms with E-state index in [9.17, 15) is 4.79 Å². The lowest BCUT2D eigenvalue weighted by Gasteiger charge is -2.47. The molecular formula is C14H21ClN4O. The quantitative estimate of drug-likeness (QED) is 0.905. The van der Waals surface area contributed by atoms with Crippen LogP contribution in [0.5, 0.6) is 0 Å². The number of aryl methyl sites for hydroxylation is 1. The van der Waals surface area contributed by atoms with Gasteiger partial charge >= 0.3 is 0 Å². The molecule has 1 aromatic heterocycles. The highest BCUT2D eigenvalue weighted by atomic mass is 35.5. The maximum atomic E-state index is 11.8. The number of piperidine rings is 2. The van der Waals surface area contributed by atoms with Crippen molar-refractivity contribution < 1.29 is 0 Å². The highest BCUT2D eigenvalue weighted by molar-refractivity contribution is 6.32. The Morgan fingerprint density at radius 3 is 2.60 bits per heavy atom. The number of halogens is 1. The Bertz CT molecular complexity index is 545. The Labute approximate surface area is 123 Å². The second-order valence-corrected chi connectivity index (χ2v) is 6.40. The van der Waals surface area contributed by atoms with Crippen molar-refractivity contribution in [1.82, 2.24) is 14.7 Å². The number of fused-ring (bicyclic) bond motifs is 2. The summed E-state index contributed by atoms with van der Waals surface area (Å²) in [6, 6.07) is 1.68. The first kappa shape index (κ1) is 13.9. The summed E-state index contributed by atoms with van der Waals surface area (Å²) >= 11 is 6.12. The first-order valence-electron chi connectivity index (χ1n) is 7.26. The average molecular weight is 297 g/mol. The van der Waals surface area contributed by atoms with E-state index in [0.29, 0.717) is 23.8 Å². The van der Waals surface area contributed by atoms with Crippen LogP contribution >= 0.6 is 11.6 Å². The number of hydrogen-bond donors (Lipinski definition) is 1. The fourth-order valence-corrected chi connectivity index (χ4v) is 3.79. The Hall–Kier alpha value is -1.07. The fourth-order valence-electron chi connectivity index (χ4n) is 3.56. The Morgan fingerprint density at radius 1 is 1.30 bits per heavy atom. The van der Waals surface area contributed by atoms with Gasteiger partial charge in [0.1, 0.15) is 5.02 Å². The number of aromatic nitrogens is 2. The third kappa shape index (κ3) is 2.44. The third-order valence-electron chi connectivity index (χ3n) is 4.78. The molecule has 1 aromatic rings. The van der Waals surface area contributed by atoms with Crippen molar-refractivity contribution in [3.8, 4) is 0 Å². The van der Waals surface area contributed by atoms with E-state index in [2.05, 4.69) is 22.4 Å². The maximum absolute atomic E-state index is 11.8. The zero-order valence-corrected chi connectivity index (χ0v) is 12.7. The summed E-state index contributed by atoms with van der Waals surface area (Å²) in [5.74, 6) is 0. The van der Waals surface area contributed by atoms with Crippen LogP contribution < -0.4 is 10.9 Å². The van der Waals surface area contributed by atoms with Gasteiger partial charge in [0.05, 0.1) is 11.9 Å². The number of rotatable bonds is 2. The minimum atomic E-state index is -0.246. The van der Waals surface area contributed by atoms with Crippen LogP contribution in [0.15, 0.2) is 11.0 Å². The van der Waals surface area contributed by atoms with Crippen molar-refractivity contribution in [2.45, 2.75) is 50.2 Å². The molecule has 0 aliphatic carbocycles. The van der Waals surface area contributed by atoms with Gasteiger partial charge in [-0.3, -0.25) is 4.79 Å². The van der Waals surface area contributed by atoms with Crippen molar-refractivity contribution in [2.75, 3.05) is 12.4 Å². The van der Waals surface area contributed by atoms with Gasteiger partial charge < -0.3 is 10.2 Å². The van der Waals surface area contributed by atoms with Crippen LogP contribution in [-0.2, 0) is 7.05 Å². The molecule has 2 aliphatic rings. The normalized spacial score (nSPS) is 30.2. The average Bonchev–Trinajstić information content (AvgIpc) is 2.40. The van der Waals surface area contributed by atoms with Gasteiger partial charge in [0.2, 0.25) is 0 Å². The monoisotopic (exact) mass is 296 g/mol. The van der Waals surface area contributed by atoms with Gasteiger partial charge in [0.25, 0.3) is 5.56 Å². The smallest absolute Gasteiger partial charge is 0.287 e. The molecule has 0 aromatic carbocycles. The summed E-state index contributed by atoms with van der Waals surface area (Å²) in [5, 5.41) is 7.71. The molecule has 6 heteroatoms. The van der Waals surface area contributed by atoms with Crippen molar-refractivity contribution >= 4 is 17.3 Å². The number of hydrogen-bond acceptors (Lipinski definition) is 4. The van der Waals surface area contributed by atoms with E-state index in [0.717, 1.165) is 12.8 Å². The number of nitrogens with one attached hydrogen (secondary N) is 1. The minimum absolute atomic E-state index is 0.242. The molecule has 0 saturated carbocycles. The third-order valence-corrected chi connectivity index (χ3v) is 5.14. The second kappa shape index (κ2) is 5.37. The van der Waals surface area contributed by atoms with Crippen molar-refractivity contribution in [2.24, 2.45) is 7.05 Å². The molecule has 20 heavy (non-hydrogen) atoms. The Balaban J connectivity index is 1.76. The lowest BCUT2D eigenvalue weighted by molar-refractivity contribution is 0.0608. The van der Waals surface area contributed by atoms with E-state index in [1.54, 1.807) is 13.2 Å². The summed E-state index contributed by atoms with van der Waals surface area (Å²) in [6.07, 6.45) is 7.75. The van der Waals surface area contributed by atoms with Crippen molar-refractivity contribution in [1.29, 1.82) is 0 Å². The van der Waals surface area contributed by atoms with Gasteiger partial charge in [-0.15, -0.1) is 0 Å². The van der Waals surface area contributed by atoms with Crippen LogP contribution in [0.2, 0.25) is 5.02 Å². The summed E-state index contributed by atoms with van der Waals surface area (Å²) < 4.78 is 1.26. The lowest BCUT2D eigenvalue weighted by atomic mass is 9.82. The Kier molecular flexibility index (Phi) is 3.73. The van der Waals surface area contributed by atoms with Crippen LogP contribution in [0.25, 0.3) is 0 Å². The molecule has 2 bridgehead atoms. The summed E-state index contributed by atoms with van der Waals surface area (Å²) in [6.45, 7) is 0. The van der Waals surface area contributed by atoms with Crippen LogP contribution in [-0.4, -0.2) is 39.9 Å². The molecular weight excluding hydrogens is 276 g/mol. The molecule has 2 atom stereocenters. The zero-order chi connectivity index (χ0) is 14.3. The van der Waals surface area contributed by atoms with Gasteiger partial charge in [0.15, 0.2) is 0 Å². The van der Waals surface area contributed by atoms with Crippen LogP contribution in [0.1, 0.15) is 32.1 Å². The molecule has 2 saturated heterocycles.